The molecule has 4 nitrogen and oxygen atoms in total. The zero-order valence-electron chi connectivity index (χ0n) is 7.69. The van der Waals surface area contributed by atoms with Crippen LogP contribution in [-0.4, -0.2) is 22.2 Å². The maximum Gasteiger partial charge on any atom is 0.332 e. The van der Waals surface area contributed by atoms with Gasteiger partial charge in [0, 0.05) is 0 Å². The molecule has 0 atom stereocenters. The van der Waals surface area contributed by atoms with Crippen LogP contribution in [0, 0.1) is 11.3 Å². The SMILES string of the molecule is O=C(O)C1=CC2CCC1(C(=O)O)CC2. The van der Waals surface area contributed by atoms with Crippen LogP contribution in [0.25, 0.3) is 0 Å². The van der Waals surface area contributed by atoms with Crippen molar-refractivity contribution in [2.75, 3.05) is 0 Å². The lowest BCUT2D eigenvalue weighted by molar-refractivity contribution is -0.153. The average molecular weight is 196 g/mol. The molecule has 3 rings (SSSR count). The molecule has 1 saturated carbocycles. The molecule has 0 aromatic rings. The second-order valence-corrected chi connectivity index (χ2v) is 4.11. The van der Waals surface area contributed by atoms with Crippen LogP contribution in [0.1, 0.15) is 25.7 Å². The molecular formula is C10H12O4. The van der Waals surface area contributed by atoms with Gasteiger partial charge in [0.1, 0.15) is 0 Å². The summed E-state index contributed by atoms with van der Waals surface area (Å²) >= 11 is 0. The Bertz CT molecular complexity index is 321. The van der Waals surface area contributed by atoms with E-state index in [1.165, 1.54) is 0 Å². The van der Waals surface area contributed by atoms with Gasteiger partial charge in [0.2, 0.25) is 0 Å². The van der Waals surface area contributed by atoms with Gasteiger partial charge in [0.25, 0.3) is 0 Å². The predicted molar refractivity (Wildman–Crippen MR) is 47.7 cm³/mol. The van der Waals surface area contributed by atoms with Crippen LogP contribution in [0.3, 0.4) is 0 Å². The van der Waals surface area contributed by atoms with Crippen molar-refractivity contribution < 1.29 is 19.8 Å². The molecule has 0 heterocycles. The van der Waals surface area contributed by atoms with Gasteiger partial charge in [-0.05, 0) is 31.6 Å². The predicted octanol–water partition coefficient (Wildman–Crippen LogP) is 1.27. The van der Waals surface area contributed by atoms with Crippen molar-refractivity contribution in [2.24, 2.45) is 11.3 Å². The van der Waals surface area contributed by atoms with Crippen LogP contribution in [-0.2, 0) is 9.59 Å². The number of fused-ring (bicyclic) bond motifs is 2. The van der Waals surface area contributed by atoms with E-state index in [-0.39, 0.29) is 11.5 Å². The first-order valence-electron chi connectivity index (χ1n) is 4.75. The zero-order valence-corrected chi connectivity index (χ0v) is 7.69. The minimum absolute atomic E-state index is 0.104. The number of hydrogen-bond acceptors (Lipinski definition) is 2. The molecule has 14 heavy (non-hydrogen) atoms. The normalized spacial score (nSPS) is 35.1. The molecule has 0 unspecified atom stereocenters. The molecule has 0 aromatic heterocycles. The molecule has 76 valence electrons. The number of hydrogen-bond donors (Lipinski definition) is 2. The second kappa shape index (κ2) is 2.83. The van der Waals surface area contributed by atoms with Gasteiger partial charge >= 0.3 is 11.9 Å². The molecule has 3 aliphatic rings. The van der Waals surface area contributed by atoms with Crippen LogP contribution in [0.15, 0.2) is 11.6 Å². The fourth-order valence-corrected chi connectivity index (χ4v) is 2.57. The summed E-state index contributed by atoms with van der Waals surface area (Å²) in [6.07, 6.45) is 4.21. The highest BCUT2D eigenvalue weighted by molar-refractivity contribution is 5.97. The Hall–Kier alpha value is -1.32. The first-order chi connectivity index (χ1) is 6.56. The Balaban J connectivity index is 2.47. The van der Waals surface area contributed by atoms with Gasteiger partial charge in [0.15, 0.2) is 0 Å². The average Bonchev–Trinajstić information content (AvgIpc) is 2.19. The summed E-state index contributed by atoms with van der Waals surface area (Å²) in [5, 5.41) is 18.1. The van der Waals surface area contributed by atoms with E-state index in [1.54, 1.807) is 6.08 Å². The van der Waals surface area contributed by atoms with Gasteiger partial charge in [-0.3, -0.25) is 4.79 Å². The lowest BCUT2D eigenvalue weighted by Gasteiger charge is -2.41. The fraction of sp³-hybridized carbons (Fsp3) is 0.600. The minimum Gasteiger partial charge on any atom is -0.481 e. The molecule has 0 spiro atoms. The maximum absolute atomic E-state index is 11.1. The minimum atomic E-state index is -1.10. The van der Waals surface area contributed by atoms with Gasteiger partial charge in [-0.1, -0.05) is 6.08 Å². The summed E-state index contributed by atoms with van der Waals surface area (Å²) in [6.45, 7) is 0. The van der Waals surface area contributed by atoms with Gasteiger partial charge in [-0.25, -0.2) is 4.79 Å². The maximum atomic E-state index is 11.1. The molecule has 0 aromatic carbocycles. The molecule has 2 bridgehead atoms. The van der Waals surface area contributed by atoms with Crippen molar-refractivity contribution in [3.8, 4) is 0 Å². The van der Waals surface area contributed by atoms with Crippen LogP contribution < -0.4 is 0 Å². The monoisotopic (exact) mass is 196 g/mol. The Labute approximate surface area is 81.2 Å². The Kier molecular flexibility index (Phi) is 1.87. The summed E-state index contributed by atoms with van der Waals surface area (Å²) in [4.78, 5) is 22.1. The van der Waals surface area contributed by atoms with Crippen LogP contribution >= 0.6 is 0 Å². The van der Waals surface area contributed by atoms with Gasteiger partial charge in [-0.2, -0.15) is 0 Å². The highest BCUT2D eigenvalue weighted by atomic mass is 16.4. The van der Waals surface area contributed by atoms with Gasteiger partial charge in [0.05, 0.1) is 11.0 Å². The summed E-state index contributed by atoms with van der Waals surface area (Å²) < 4.78 is 0. The number of carboxylic acids is 2. The van der Waals surface area contributed by atoms with Gasteiger partial charge < -0.3 is 10.2 Å². The summed E-state index contributed by atoms with van der Waals surface area (Å²) in [5.74, 6) is -1.77. The fourth-order valence-electron chi connectivity index (χ4n) is 2.57. The van der Waals surface area contributed by atoms with E-state index in [1.807, 2.05) is 0 Å². The standard InChI is InChI=1S/C10H12O4/c11-8(12)7-5-6-1-3-10(7,4-2-6)9(13)14/h5-6H,1-4H2,(H,11,12)(H,13,14). The van der Waals surface area contributed by atoms with E-state index in [0.717, 1.165) is 12.8 Å². The molecule has 2 N–H and O–H groups in total. The third-order valence-electron chi connectivity index (χ3n) is 3.44. The lowest BCUT2D eigenvalue weighted by Crippen LogP contribution is -2.43. The smallest absolute Gasteiger partial charge is 0.332 e. The van der Waals surface area contributed by atoms with E-state index < -0.39 is 17.4 Å². The molecule has 3 aliphatic carbocycles. The van der Waals surface area contributed by atoms with E-state index in [2.05, 4.69) is 0 Å². The summed E-state index contributed by atoms with van der Waals surface area (Å²) in [6, 6.07) is 0. The van der Waals surface area contributed by atoms with E-state index in [4.69, 9.17) is 10.2 Å². The first kappa shape index (κ1) is 9.24. The van der Waals surface area contributed by atoms with Crippen molar-refractivity contribution in [2.45, 2.75) is 25.7 Å². The van der Waals surface area contributed by atoms with E-state index in [9.17, 15) is 9.59 Å². The third kappa shape index (κ3) is 1.06. The molecule has 0 aliphatic heterocycles. The first-order valence-corrected chi connectivity index (χ1v) is 4.75. The summed E-state index contributed by atoms with van der Waals surface area (Å²) in [7, 11) is 0. The molecule has 0 saturated heterocycles. The molecule has 0 radical (unpaired) electrons. The Morgan fingerprint density at radius 1 is 1.29 bits per heavy atom. The van der Waals surface area contributed by atoms with Crippen LogP contribution in [0.2, 0.25) is 0 Å². The van der Waals surface area contributed by atoms with Crippen LogP contribution in [0.4, 0.5) is 0 Å². The highest BCUT2D eigenvalue weighted by Crippen LogP contribution is 2.50. The van der Waals surface area contributed by atoms with Crippen molar-refractivity contribution in [3.05, 3.63) is 11.6 Å². The van der Waals surface area contributed by atoms with Crippen molar-refractivity contribution in [3.63, 3.8) is 0 Å². The number of aliphatic carboxylic acids is 2. The van der Waals surface area contributed by atoms with Crippen molar-refractivity contribution in [1.29, 1.82) is 0 Å². The zero-order chi connectivity index (χ0) is 10.3. The van der Waals surface area contributed by atoms with Crippen LogP contribution in [0.5, 0.6) is 0 Å². The van der Waals surface area contributed by atoms with Crippen molar-refractivity contribution >= 4 is 11.9 Å². The number of rotatable bonds is 2. The molecular weight excluding hydrogens is 184 g/mol. The number of carbonyl (C=O) groups is 2. The largest absolute Gasteiger partial charge is 0.481 e. The number of carboxylic acid groups (broad SMARTS) is 2. The van der Waals surface area contributed by atoms with E-state index in [0.29, 0.717) is 12.8 Å². The van der Waals surface area contributed by atoms with Crippen molar-refractivity contribution in [1.82, 2.24) is 0 Å². The Morgan fingerprint density at radius 3 is 2.21 bits per heavy atom. The second-order valence-electron chi connectivity index (χ2n) is 4.11. The Morgan fingerprint density at radius 2 is 1.86 bits per heavy atom. The topological polar surface area (TPSA) is 74.6 Å². The molecule has 4 heteroatoms. The van der Waals surface area contributed by atoms with Gasteiger partial charge in [-0.15, -0.1) is 0 Å². The lowest BCUT2D eigenvalue weighted by atomic mass is 9.61. The third-order valence-corrected chi connectivity index (χ3v) is 3.44. The summed E-state index contributed by atoms with van der Waals surface area (Å²) in [5.41, 5.74) is -0.992. The quantitative estimate of drug-likeness (QED) is 0.697. The highest BCUT2D eigenvalue weighted by Gasteiger charge is 2.50. The molecule has 0 amide bonds. The number of allylic oxidation sites excluding steroid dienone is 1. The van der Waals surface area contributed by atoms with E-state index >= 15 is 0 Å². The molecule has 1 fully saturated rings.